The molecule has 2 N–H and O–H groups in total. The van der Waals surface area contributed by atoms with Gasteiger partial charge in [0.05, 0.1) is 21.7 Å². The van der Waals surface area contributed by atoms with Crippen molar-refractivity contribution in [3.05, 3.63) is 99.1 Å². The van der Waals surface area contributed by atoms with Crippen molar-refractivity contribution >= 4 is 40.8 Å². The second-order valence-corrected chi connectivity index (χ2v) is 6.79. The molecule has 0 fully saturated rings. The van der Waals surface area contributed by atoms with Crippen molar-refractivity contribution in [1.82, 2.24) is 0 Å². The number of nitrogens with zero attached hydrogens (tertiary/aromatic N) is 2. The van der Waals surface area contributed by atoms with Gasteiger partial charge in [-0.2, -0.15) is 0 Å². The van der Waals surface area contributed by atoms with E-state index in [-0.39, 0.29) is 33.6 Å². The molecule has 3 aromatic carbocycles. The molecular formula is C22H13N3O7. The Morgan fingerprint density at radius 3 is 2.31 bits per heavy atom. The number of carboxylic acid groups (broad SMARTS) is 1. The summed E-state index contributed by atoms with van der Waals surface area (Å²) in [7, 11) is 0. The van der Waals surface area contributed by atoms with Crippen LogP contribution >= 0.6 is 0 Å². The average Bonchev–Trinajstić information content (AvgIpc) is 3.04. The molecule has 0 unspecified atom stereocenters. The number of nitro groups is 1. The fourth-order valence-corrected chi connectivity index (χ4v) is 3.37. The van der Waals surface area contributed by atoms with Gasteiger partial charge < -0.3 is 10.4 Å². The molecule has 158 valence electrons. The fraction of sp³-hybridized carbons (Fsp3) is 0. The molecule has 0 bridgehead atoms. The third-order valence-electron chi connectivity index (χ3n) is 4.82. The summed E-state index contributed by atoms with van der Waals surface area (Å²) in [6.45, 7) is 0. The van der Waals surface area contributed by atoms with Crippen molar-refractivity contribution in [3.63, 3.8) is 0 Å². The number of imide groups is 1. The second-order valence-electron chi connectivity index (χ2n) is 6.79. The highest BCUT2D eigenvalue weighted by molar-refractivity contribution is 6.35. The number of hydrogen-bond donors (Lipinski definition) is 2. The highest BCUT2D eigenvalue weighted by Gasteiger charge is 2.41. The topological polar surface area (TPSA) is 147 Å². The number of amides is 3. The molecule has 0 atom stereocenters. The molecule has 1 aliphatic rings. The van der Waals surface area contributed by atoms with E-state index in [1.807, 2.05) is 0 Å². The van der Waals surface area contributed by atoms with Crippen LogP contribution in [0.4, 0.5) is 17.1 Å². The van der Waals surface area contributed by atoms with Gasteiger partial charge in [-0.1, -0.05) is 18.2 Å². The van der Waals surface area contributed by atoms with Crippen molar-refractivity contribution in [2.75, 3.05) is 10.2 Å². The molecular weight excluding hydrogens is 418 g/mol. The molecule has 0 radical (unpaired) electrons. The zero-order chi connectivity index (χ0) is 23.0. The minimum atomic E-state index is -1.15. The fourth-order valence-electron chi connectivity index (χ4n) is 3.37. The van der Waals surface area contributed by atoms with Crippen LogP contribution in [-0.4, -0.2) is 33.7 Å². The summed E-state index contributed by atoms with van der Waals surface area (Å²) in [6.07, 6.45) is 0. The molecule has 0 saturated heterocycles. The predicted molar refractivity (Wildman–Crippen MR) is 112 cm³/mol. The Hall–Kier alpha value is -4.86. The third kappa shape index (κ3) is 3.45. The van der Waals surface area contributed by atoms with Crippen LogP contribution in [0.2, 0.25) is 0 Å². The second kappa shape index (κ2) is 7.76. The predicted octanol–water partition coefficient (Wildman–Crippen LogP) is 3.35. The summed E-state index contributed by atoms with van der Waals surface area (Å²) in [6, 6.07) is 15.1. The number of rotatable bonds is 5. The molecule has 3 aromatic rings. The summed E-state index contributed by atoms with van der Waals surface area (Å²) in [5.74, 6) is -3.34. The minimum absolute atomic E-state index is 0.0100. The van der Waals surface area contributed by atoms with Gasteiger partial charge in [0, 0.05) is 17.3 Å². The molecule has 4 rings (SSSR count). The lowest BCUT2D eigenvalue weighted by Gasteiger charge is -2.15. The highest BCUT2D eigenvalue weighted by atomic mass is 16.6. The van der Waals surface area contributed by atoms with Gasteiger partial charge in [-0.05, 0) is 42.5 Å². The smallest absolute Gasteiger partial charge is 0.335 e. The standard InChI is InChI=1S/C22H13N3O7/c26-19(23-14-6-1-5-13(10-14)22(29)30)12-4-2-7-15(11-12)24-20(27)16-8-3-9-17(25(31)32)18(16)21(24)28/h1-11H,(H,23,26)(H,29,30). The largest absolute Gasteiger partial charge is 0.478 e. The Morgan fingerprint density at radius 2 is 1.59 bits per heavy atom. The molecule has 1 aliphatic heterocycles. The Bertz CT molecular complexity index is 1330. The lowest BCUT2D eigenvalue weighted by molar-refractivity contribution is -0.385. The van der Waals surface area contributed by atoms with Crippen molar-refractivity contribution in [3.8, 4) is 0 Å². The van der Waals surface area contributed by atoms with E-state index in [1.165, 1.54) is 60.7 Å². The molecule has 0 spiro atoms. The maximum atomic E-state index is 12.9. The van der Waals surface area contributed by atoms with E-state index in [0.29, 0.717) is 0 Å². The Balaban J connectivity index is 1.64. The van der Waals surface area contributed by atoms with Crippen LogP contribution in [0.1, 0.15) is 41.4 Å². The van der Waals surface area contributed by atoms with Crippen LogP contribution in [0, 0.1) is 10.1 Å². The van der Waals surface area contributed by atoms with E-state index in [1.54, 1.807) is 0 Å². The van der Waals surface area contributed by atoms with Crippen LogP contribution in [0.15, 0.2) is 66.7 Å². The van der Waals surface area contributed by atoms with Gasteiger partial charge >= 0.3 is 5.97 Å². The van der Waals surface area contributed by atoms with Crippen LogP contribution in [-0.2, 0) is 0 Å². The number of nitrogens with one attached hydrogen (secondary N) is 1. The summed E-state index contributed by atoms with van der Waals surface area (Å²) in [5, 5.41) is 22.9. The number of benzene rings is 3. The van der Waals surface area contributed by atoms with E-state index < -0.39 is 34.3 Å². The molecule has 3 amide bonds. The number of aromatic carboxylic acids is 1. The average molecular weight is 431 g/mol. The zero-order valence-corrected chi connectivity index (χ0v) is 16.1. The number of fused-ring (bicyclic) bond motifs is 1. The van der Waals surface area contributed by atoms with Crippen molar-refractivity contribution < 1.29 is 29.2 Å². The molecule has 0 aromatic heterocycles. The molecule has 0 saturated carbocycles. The van der Waals surface area contributed by atoms with Crippen molar-refractivity contribution in [2.24, 2.45) is 0 Å². The monoisotopic (exact) mass is 431 g/mol. The van der Waals surface area contributed by atoms with Gasteiger partial charge in [0.1, 0.15) is 5.56 Å². The van der Waals surface area contributed by atoms with Gasteiger partial charge in [0.2, 0.25) is 0 Å². The zero-order valence-electron chi connectivity index (χ0n) is 16.1. The van der Waals surface area contributed by atoms with E-state index in [0.717, 1.165) is 11.0 Å². The normalized spacial score (nSPS) is 12.4. The van der Waals surface area contributed by atoms with Crippen LogP contribution < -0.4 is 10.2 Å². The number of carbonyl (C=O) groups is 4. The summed E-state index contributed by atoms with van der Waals surface area (Å²) in [5.41, 5.74) is -0.476. The van der Waals surface area contributed by atoms with Gasteiger partial charge in [0.15, 0.2) is 0 Å². The number of carboxylic acids is 1. The minimum Gasteiger partial charge on any atom is -0.478 e. The Kier molecular flexibility index (Phi) is 4.95. The molecule has 1 heterocycles. The Morgan fingerprint density at radius 1 is 0.906 bits per heavy atom. The first-order valence-electron chi connectivity index (χ1n) is 9.19. The lowest BCUT2D eigenvalue weighted by atomic mass is 10.1. The summed E-state index contributed by atoms with van der Waals surface area (Å²) < 4.78 is 0. The third-order valence-corrected chi connectivity index (χ3v) is 4.82. The molecule has 0 aliphatic carbocycles. The number of hydrogen-bond acceptors (Lipinski definition) is 6. The van der Waals surface area contributed by atoms with E-state index in [4.69, 9.17) is 5.11 Å². The molecule has 10 nitrogen and oxygen atoms in total. The van der Waals surface area contributed by atoms with Gasteiger partial charge in [0.25, 0.3) is 23.4 Å². The molecule has 32 heavy (non-hydrogen) atoms. The number of carbonyl (C=O) groups excluding carboxylic acids is 3. The van der Waals surface area contributed by atoms with Gasteiger partial charge in [-0.15, -0.1) is 0 Å². The van der Waals surface area contributed by atoms with Crippen molar-refractivity contribution in [1.29, 1.82) is 0 Å². The first kappa shape index (κ1) is 20.4. The van der Waals surface area contributed by atoms with E-state index in [9.17, 15) is 29.3 Å². The summed E-state index contributed by atoms with van der Waals surface area (Å²) in [4.78, 5) is 60.7. The summed E-state index contributed by atoms with van der Waals surface area (Å²) >= 11 is 0. The van der Waals surface area contributed by atoms with Gasteiger partial charge in [-0.25, -0.2) is 9.69 Å². The highest BCUT2D eigenvalue weighted by Crippen LogP contribution is 2.34. The Labute approximate surface area is 179 Å². The first-order valence-corrected chi connectivity index (χ1v) is 9.19. The van der Waals surface area contributed by atoms with Crippen LogP contribution in [0.3, 0.4) is 0 Å². The van der Waals surface area contributed by atoms with Crippen LogP contribution in [0.5, 0.6) is 0 Å². The first-order chi connectivity index (χ1) is 15.3. The number of anilines is 2. The molecule has 10 heteroatoms. The van der Waals surface area contributed by atoms with E-state index >= 15 is 0 Å². The maximum Gasteiger partial charge on any atom is 0.335 e. The van der Waals surface area contributed by atoms with Crippen molar-refractivity contribution in [2.45, 2.75) is 0 Å². The van der Waals surface area contributed by atoms with E-state index in [2.05, 4.69) is 5.32 Å². The van der Waals surface area contributed by atoms with Crippen LogP contribution in [0.25, 0.3) is 0 Å². The lowest BCUT2D eigenvalue weighted by Crippen LogP contribution is -2.29. The maximum absolute atomic E-state index is 12.9. The SMILES string of the molecule is O=C(O)c1cccc(NC(=O)c2cccc(N3C(=O)c4cccc([N+](=O)[O-])c4C3=O)c2)c1. The van der Waals surface area contributed by atoms with Gasteiger partial charge in [-0.3, -0.25) is 24.5 Å². The quantitative estimate of drug-likeness (QED) is 0.358. The number of nitro benzene ring substituents is 1.